The minimum absolute atomic E-state index is 0.249. The number of nitrogens with one attached hydrogen (secondary N) is 2. The molecule has 2 nitrogen and oxygen atoms in total. The Kier molecular flexibility index (Phi) is 9.85. The van der Waals surface area contributed by atoms with E-state index in [0.29, 0.717) is 0 Å². The molecule has 0 aliphatic heterocycles. The Hall–Kier alpha value is -0.0800. The highest BCUT2D eigenvalue weighted by Crippen LogP contribution is 2.08. The summed E-state index contributed by atoms with van der Waals surface area (Å²) in [6, 6.07) is 0. The normalized spacial score (nSPS) is 12.4. The van der Waals surface area contributed by atoms with Crippen LogP contribution < -0.4 is 10.6 Å². The maximum atomic E-state index is 3.50. The van der Waals surface area contributed by atoms with Crippen molar-refractivity contribution in [3.63, 3.8) is 0 Å². The average molecular weight is 242 g/mol. The van der Waals surface area contributed by atoms with Crippen molar-refractivity contribution >= 4 is 0 Å². The molecule has 0 atom stereocenters. The second kappa shape index (κ2) is 9.90. The van der Waals surface area contributed by atoms with Crippen LogP contribution in [0.25, 0.3) is 0 Å². The Balaban J connectivity index is 3.04. The van der Waals surface area contributed by atoms with Gasteiger partial charge in [0, 0.05) is 18.6 Å². The number of unbranched alkanes of at least 4 members (excludes halogenated alkanes) is 3. The standard InChI is InChI=1S/C15H34N2/c1-14(2)10-8-6-7-9-11-16-12-13-17-15(3,4)5/h14,16-17H,6-13H2,1-5H3. The van der Waals surface area contributed by atoms with Crippen LogP contribution in [0.2, 0.25) is 0 Å². The summed E-state index contributed by atoms with van der Waals surface area (Å²) < 4.78 is 0. The highest BCUT2D eigenvalue weighted by atomic mass is 15.0. The number of hydrogen-bond donors (Lipinski definition) is 2. The molecule has 2 heteroatoms. The van der Waals surface area contributed by atoms with Gasteiger partial charge in [-0.15, -0.1) is 0 Å². The third kappa shape index (κ3) is 15.9. The third-order valence-electron chi connectivity index (χ3n) is 2.84. The van der Waals surface area contributed by atoms with Crippen molar-refractivity contribution in [2.24, 2.45) is 5.92 Å². The Bertz CT molecular complexity index is 159. The quantitative estimate of drug-likeness (QED) is 0.572. The first-order valence-electron chi connectivity index (χ1n) is 7.37. The van der Waals surface area contributed by atoms with E-state index in [2.05, 4.69) is 45.3 Å². The van der Waals surface area contributed by atoms with Gasteiger partial charge in [0.2, 0.25) is 0 Å². The number of hydrogen-bond acceptors (Lipinski definition) is 2. The Morgan fingerprint density at radius 2 is 1.47 bits per heavy atom. The first-order chi connectivity index (χ1) is 7.92. The van der Waals surface area contributed by atoms with Crippen LogP contribution in [0.5, 0.6) is 0 Å². The molecule has 0 saturated heterocycles. The molecular formula is C15H34N2. The lowest BCUT2D eigenvalue weighted by molar-refractivity contribution is 0.420. The Labute approximate surface area is 109 Å². The van der Waals surface area contributed by atoms with Crippen molar-refractivity contribution in [2.75, 3.05) is 19.6 Å². The van der Waals surface area contributed by atoms with E-state index in [0.717, 1.165) is 19.0 Å². The van der Waals surface area contributed by atoms with Crippen molar-refractivity contribution in [1.29, 1.82) is 0 Å². The van der Waals surface area contributed by atoms with Crippen LogP contribution in [-0.4, -0.2) is 25.2 Å². The van der Waals surface area contributed by atoms with E-state index in [1.165, 1.54) is 38.6 Å². The van der Waals surface area contributed by atoms with Gasteiger partial charge in [-0.2, -0.15) is 0 Å². The van der Waals surface area contributed by atoms with Crippen LogP contribution in [0.15, 0.2) is 0 Å². The van der Waals surface area contributed by atoms with Crippen LogP contribution >= 0.6 is 0 Å². The largest absolute Gasteiger partial charge is 0.315 e. The highest BCUT2D eigenvalue weighted by molar-refractivity contribution is 4.70. The first-order valence-corrected chi connectivity index (χ1v) is 7.37. The van der Waals surface area contributed by atoms with Gasteiger partial charge in [0.05, 0.1) is 0 Å². The predicted molar refractivity (Wildman–Crippen MR) is 78.5 cm³/mol. The SMILES string of the molecule is CC(C)CCCCCCNCCNC(C)(C)C. The maximum absolute atomic E-state index is 3.50. The van der Waals surface area contributed by atoms with Gasteiger partial charge in [-0.05, 0) is 39.7 Å². The van der Waals surface area contributed by atoms with E-state index >= 15 is 0 Å². The maximum Gasteiger partial charge on any atom is 0.00970 e. The van der Waals surface area contributed by atoms with Gasteiger partial charge in [0.25, 0.3) is 0 Å². The molecule has 0 bridgehead atoms. The molecule has 0 amide bonds. The second-order valence-corrected chi connectivity index (χ2v) is 6.52. The molecule has 0 aromatic carbocycles. The van der Waals surface area contributed by atoms with Gasteiger partial charge in [-0.1, -0.05) is 39.5 Å². The molecule has 0 radical (unpaired) electrons. The molecule has 0 spiro atoms. The fraction of sp³-hybridized carbons (Fsp3) is 1.00. The van der Waals surface area contributed by atoms with Crippen molar-refractivity contribution in [3.8, 4) is 0 Å². The van der Waals surface area contributed by atoms with Crippen LogP contribution in [0, 0.1) is 5.92 Å². The van der Waals surface area contributed by atoms with Gasteiger partial charge in [0.15, 0.2) is 0 Å². The summed E-state index contributed by atoms with van der Waals surface area (Å²) in [6.07, 6.45) is 6.91. The van der Waals surface area contributed by atoms with Crippen LogP contribution in [0.4, 0.5) is 0 Å². The summed E-state index contributed by atoms with van der Waals surface area (Å²) in [6.45, 7) is 14.6. The minimum Gasteiger partial charge on any atom is -0.315 e. The van der Waals surface area contributed by atoms with E-state index < -0.39 is 0 Å². The van der Waals surface area contributed by atoms with E-state index in [-0.39, 0.29) is 5.54 Å². The fourth-order valence-corrected chi connectivity index (χ4v) is 1.81. The molecule has 0 fully saturated rings. The molecule has 104 valence electrons. The summed E-state index contributed by atoms with van der Waals surface area (Å²) in [5.74, 6) is 0.872. The fourth-order valence-electron chi connectivity index (χ4n) is 1.81. The molecule has 0 aromatic heterocycles. The van der Waals surface area contributed by atoms with Crippen LogP contribution in [0.1, 0.15) is 66.7 Å². The molecule has 0 unspecified atom stereocenters. The van der Waals surface area contributed by atoms with Gasteiger partial charge in [-0.25, -0.2) is 0 Å². The van der Waals surface area contributed by atoms with Crippen LogP contribution in [0.3, 0.4) is 0 Å². The molecule has 0 rings (SSSR count). The predicted octanol–water partition coefficient (Wildman–Crippen LogP) is 3.57. The lowest BCUT2D eigenvalue weighted by Gasteiger charge is -2.20. The van der Waals surface area contributed by atoms with Crippen molar-refractivity contribution in [3.05, 3.63) is 0 Å². The first kappa shape index (κ1) is 16.9. The van der Waals surface area contributed by atoms with Crippen molar-refractivity contribution in [2.45, 2.75) is 72.3 Å². The molecule has 0 aliphatic carbocycles. The monoisotopic (exact) mass is 242 g/mol. The molecule has 0 aromatic rings. The average Bonchev–Trinajstić information content (AvgIpc) is 2.18. The van der Waals surface area contributed by atoms with Gasteiger partial charge in [0.1, 0.15) is 0 Å². The third-order valence-corrected chi connectivity index (χ3v) is 2.84. The highest BCUT2D eigenvalue weighted by Gasteiger charge is 2.06. The molecule has 2 N–H and O–H groups in total. The lowest BCUT2D eigenvalue weighted by atomic mass is 10.0. The molecule has 0 saturated carbocycles. The molecular weight excluding hydrogens is 208 g/mol. The van der Waals surface area contributed by atoms with E-state index in [1.54, 1.807) is 0 Å². The van der Waals surface area contributed by atoms with Gasteiger partial charge in [-0.3, -0.25) is 0 Å². The zero-order valence-corrected chi connectivity index (χ0v) is 12.7. The number of rotatable bonds is 10. The zero-order chi connectivity index (χ0) is 13.1. The van der Waals surface area contributed by atoms with Crippen LogP contribution in [-0.2, 0) is 0 Å². The summed E-state index contributed by atoms with van der Waals surface area (Å²) in [7, 11) is 0. The topological polar surface area (TPSA) is 24.1 Å². The summed E-state index contributed by atoms with van der Waals surface area (Å²) in [5.41, 5.74) is 0.249. The summed E-state index contributed by atoms with van der Waals surface area (Å²) >= 11 is 0. The second-order valence-electron chi connectivity index (χ2n) is 6.52. The van der Waals surface area contributed by atoms with E-state index in [1.807, 2.05) is 0 Å². The van der Waals surface area contributed by atoms with E-state index in [9.17, 15) is 0 Å². The van der Waals surface area contributed by atoms with Crippen molar-refractivity contribution < 1.29 is 0 Å². The van der Waals surface area contributed by atoms with E-state index in [4.69, 9.17) is 0 Å². The zero-order valence-electron chi connectivity index (χ0n) is 12.7. The smallest absolute Gasteiger partial charge is 0.00970 e. The summed E-state index contributed by atoms with van der Waals surface area (Å²) in [5, 5.41) is 6.98. The van der Waals surface area contributed by atoms with Crippen molar-refractivity contribution in [1.82, 2.24) is 10.6 Å². The Morgan fingerprint density at radius 3 is 2.06 bits per heavy atom. The summed E-state index contributed by atoms with van der Waals surface area (Å²) in [4.78, 5) is 0. The minimum atomic E-state index is 0.249. The molecule has 0 aliphatic rings. The van der Waals surface area contributed by atoms with Gasteiger partial charge < -0.3 is 10.6 Å². The van der Waals surface area contributed by atoms with Gasteiger partial charge >= 0.3 is 0 Å². The Morgan fingerprint density at radius 1 is 0.824 bits per heavy atom. The lowest BCUT2D eigenvalue weighted by Crippen LogP contribution is -2.40. The molecule has 17 heavy (non-hydrogen) atoms. The molecule has 0 heterocycles.